The van der Waals surface area contributed by atoms with Gasteiger partial charge in [0.05, 0.1) is 13.2 Å². The van der Waals surface area contributed by atoms with Gasteiger partial charge in [0.15, 0.2) is 0 Å². The van der Waals surface area contributed by atoms with Crippen molar-refractivity contribution >= 4 is 16.6 Å². The molecule has 0 aliphatic carbocycles. The number of methoxy groups -OCH3 is 1. The lowest BCUT2D eigenvalue weighted by molar-refractivity contribution is -0.0176. The molecular formula is C16H20N2O3. The number of aromatic nitrogens is 1. The van der Waals surface area contributed by atoms with Gasteiger partial charge in [-0.05, 0) is 36.6 Å². The standard InChI is InChI=1S/C16H20N2O3/c1-11-16(19,6-8-21-11)10-18-15-14-4-3-13(20-2)9-12(14)5-7-17-15/h3-5,7,9,11,19H,6,8,10H2,1-2H3,(H,17,18). The fourth-order valence-electron chi connectivity index (χ4n) is 2.66. The number of pyridine rings is 1. The van der Waals surface area contributed by atoms with Crippen LogP contribution in [0, 0.1) is 0 Å². The quantitative estimate of drug-likeness (QED) is 0.903. The van der Waals surface area contributed by atoms with Crippen LogP contribution >= 0.6 is 0 Å². The molecule has 1 fully saturated rings. The predicted molar refractivity (Wildman–Crippen MR) is 81.8 cm³/mol. The molecule has 1 aliphatic rings. The topological polar surface area (TPSA) is 63.6 Å². The van der Waals surface area contributed by atoms with E-state index in [-0.39, 0.29) is 6.10 Å². The summed E-state index contributed by atoms with van der Waals surface area (Å²) in [5.74, 6) is 1.58. The third-order valence-corrected chi connectivity index (χ3v) is 4.19. The van der Waals surface area contributed by atoms with E-state index in [1.807, 2.05) is 31.2 Å². The summed E-state index contributed by atoms with van der Waals surface area (Å²) in [6, 6.07) is 7.80. The molecule has 112 valence electrons. The molecule has 0 radical (unpaired) electrons. The molecule has 0 saturated carbocycles. The largest absolute Gasteiger partial charge is 0.497 e. The zero-order valence-electron chi connectivity index (χ0n) is 12.3. The number of aliphatic hydroxyl groups is 1. The van der Waals surface area contributed by atoms with E-state index in [9.17, 15) is 5.11 Å². The number of nitrogens with one attached hydrogen (secondary N) is 1. The first-order chi connectivity index (χ1) is 10.1. The summed E-state index contributed by atoms with van der Waals surface area (Å²) >= 11 is 0. The number of fused-ring (bicyclic) bond motifs is 1. The van der Waals surface area contributed by atoms with Crippen LogP contribution in [0.3, 0.4) is 0 Å². The Balaban J connectivity index is 1.84. The van der Waals surface area contributed by atoms with Gasteiger partial charge in [0.2, 0.25) is 0 Å². The van der Waals surface area contributed by atoms with Crippen molar-refractivity contribution in [3.05, 3.63) is 30.5 Å². The first kappa shape index (κ1) is 14.1. The van der Waals surface area contributed by atoms with E-state index < -0.39 is 5.60 Å². The minimum Gasteiger partial charge on any atom is -0.497 e. The lowest BCUT2D eigenvalue weighted by Gasteiger charge is -2.26. The summed E-state index contributed by atoms with van der Waals surface area (Å²) < 4.78 is 10.7. The molecular weight excluding hydrogens is 268 g/mol. The Morgan fingerprint density at radius 3 is 3.05 bits per heavy atom. The Morgan fingerprint density at radius 2 is 2.33 bits per heavy atom. The van der Waals surface area contributed by atoms with Gasteiger partial charge < -0.3 is 19.9 Å². The van der Waals surface area contributed by atoms with Crippen molar-refractivity contribution in [1.29, 1.82) is 0 Å². The molecule has 0 bridgehead atoms. The highest BCUT2D eigenvalue weighted by Crippen LogP contribution is 2.28. The van der Waals surface area contributed by atoms with E-state index >= 15 is 0 Å². The Morgan fingerprint density at radius 1 is 1.48 bits per heavy atom. The van der Waals surface area contributed by atoms with E-state index in [0.717, 1.165) is 22.3 Å². The van der Waals surface area contributed by atoms with Crippen LogP contribution in [0.25, 0.3) is 10.8 Å². The Bertz CT molecular complexity index is 646. The number of hydrogen-bond acceptors (Lipinski definition) is 5. The summed E-state index contributed by atoms with van der Waals surface area (Å²) in [4.78, 5) is 4.38. The molecule has 5 nitrogen and oxygen atoms in total. The van der Waals surface area contributed by atoms with Crippen LogP contribution in [-0.2, 0) is 4.74 Å². The molecule has 1 aromatic heterocycles. The SMILES string of the molecule is COc1ccc2c(NCC3(O)CCOC3C)nccc2c1. The first-order valence-corrected chi connectivity index (χ1v) is 7.13. The average molecular weight is 288 g/mol. The van der Waals surface area contributed by atoms with Gasteiger partial charge >= 0.3 is 0 Å². The minimum atomic E-state index is -0.837. The lowest BCUT2D eigenvalue weighted by Crippen LogP contribution is -2.43. The molecule has 0 spiro atoms. The molecule has 2 aromatic rings. The van der Waals surface area contributed by atoms with Gasteiger partial charge in [0.1, 0.15) is 17.2 Å². The van der Waals surface area contributed by atoms with Gasteiger partial charge in [-0.25, -0.2) is 4.98 Å². The molecule has 2 unspecified atom stereocenters. The van der Waals surface area contributed by atoms with Crippen LogP contribution < -0.4 is 10.1 Å². The second-order valence-electron chi connectivity index (χ2n) is 5.47. The molecule has 1 aromatic carbocycles. The third kappa shape index (κ3) is 2.66. The van der Waals surface area contributed by atoms with Crippen molar-refractivity contribution in [2.24, 2.45) is 0 Å². The zero-order valence-corrected chi connectivity index (χ0v) is 12.3. The highest BCUT2D eigenvalue weighted by molar-refractivity contribution is 5.92. The maximum absolute atomic E-state index is 10.5. The van der Waals surface area contributed by atoms with Crippen molar-refractivity contribution in [3.63, 3.8) is 0 Å². The number of ether oxygens (including phenoxy) is 2. The number of benzene rings is 1. The molecule has 5 heteroatoms. The molecule has 2 heterocycles. The number of hydrogen-bond donors (Lipinski definition) is 2. The van der Waals surface area contributed by atoms with Crippen LogP contribution in [0.15, 0.2) is 30.5 Å². The van der Waals surface area contributed by atoms with Crippen LogP contribution in [0.1, 0.15) is 13.3 Å². The van der Waals surface area contributed by atoms with Gasteiger partial charge in [-0.1, -0.05) is 0 Å². The highest BCUT2D eigenvalue weighted by atomic mass is 16.5. The van der Waals surface area contributed by atoms with Crippen molar-refractivity contribution < 1.29 is 14.6 Å². The number of nitrogens with zero attached hydrogens (tertiary/aromatic N) is 1. The van der Waals surface area contributed by atoms with Crippen LogP contribution in [-0.4, -0.2) is 42.1 Å². The van der Waals surface area contributed by atoms with Crippen LogP contribution in [0.5, 0.6) is 5.75 Å². The van der Waals surface area contributed by atoms with Crippen molar-refractivity contribution in [1.82, 2.24) is 4.98 Å². The van der Waals surface area contributed by atoms with Crippen LogP contribution in [0.2, 0.25) is 0 Å². The molecule has 2 N–H and O–H groups in total. The van der Waals surface area contributed by atoms with Crippen molar-refractivity contribution in [2.75, 3.05) is 25.6 Å². The fraction of sp³-hybridized carbons (Fsp3) is 0.438. The number of rotatable bonds is 4. The van der Waals surface area contributed by atoms with E-state index in [4.69, 9.17) is 9.47 Å². The Labute approximate surface area is 123 Å². The normalized spacial score (nSPS) is 25.2. The second-order valence-corrected chi connectivity index (χ2v) is 5.47. The van der Waals surface area contributed by atoms with Gasteiger partial charge in [0.25, 0.3) is 0 Å². The molecule has 1 saturated heterocycles. The molecule has 21 heavy (non-hydrogen) atoms. The fourth-order valence-corrected chi connectivity index (χ4v) is 2.66. The number of anilines is 1. The Kier molecular flexibility index (Phi) is 3.69. The van der Waals surface area contributed by atoms with Crippen molar-refractivity contribution in [2.45, 2.75) is 25.0 Å². The monoisotopic (exact) mass is 288 g/mol. The van der Waals surface area contributed by atoms with E-state index in [0.29, 0.717) is 19.6 Å². The van der Waals surface area contributed by atoms with E-state index in [1.165, 1.54) is 0 Å². The first-order valence-electron chi connectivity index (χ1n) is 7.13. The van der Waals surface area contributed by atoms with Crippen molar-refractivity contribution in [3.8, 4) is 5.75 Å². The summed E-state index contributed by atoms with van der Waals surface area (Å²) in [6.07, 6.45) is 2.22. The summed E-state index contributed by atoms with van der Waals surface area (Å²) in [5, 5.41) is 15.9. The summed E-state index contributed by atoms with van der Waals surface area (Å²) in [5.41, 5.74) is -0.837. The van der Waals surface area contributed by atoms with Crippen LogP contribution in [0.4, 0.5) is 5.82 Å². The molecule has 0 amide bonds. The average Bonchev–Trinajstić information content (AvgIpc) is 2.84. The molecule has 2 atom stereocenters. The maximum atomic E-state index is 10.5. The Hall–Kier alpha value is -1.85. The van der Waals surface area contributed by atoms with E-state index in [2.05, 4.69) is 10.3 Å². The maximum Gasteiger partial charge on any atom is 0.133 e. The van der Waals surface area contributed by atoms with Gasteiger partial charge in [0, 0.05) is 31.2 Å². The lowest BCUT2D eigenvalue weighted by atomic mass is 9.96. The van der Waals surface area contributed by atoms with Gasteiger partial charge in [-0.3, -0.25) is 0 Å². The van der Waals surface area contributed by atoms with Gasteiger partial charge in [-0.15, -0.1) is 0 Å². The highest BCUT2D eigenvalue weighted by Gasteiger charge is 2.39. The third-order valence-electron chi connectivity index (χ3n) is 4.19. The van der Waals surface area contributed by atoms with Gasteiger partial charge in [-0.2, -0.15) is 0 Å². The van der Waals surface area contributed by atoms with E-state index in [1.54, 1.807) is 13.3 Å². The minimum absolute atomic E-state index is 0.167. The summed E-state index contributed by atoms with van der Waals surface area (Å²) in [6.45, 7) is 2.92. The molecule has 3 rings (SSSR count). The second kappa shape index (κ2) is 5.50. The zero-order chi connectivity index (χ0) is 14.9. The summed E-state index contributed by atoms with van der Waals surface area (Å²) in [7, 11) is 1.65. The smallest absolute Gasteiger partial charge is 0.133 e. The molecule has 1 aliphatic heterocycles. The predicted octanol–water partition coefficient (Wildman–Crippen LogP) is 2.20.